The van der Waals surface area contributed by atoms with Crippen LogP contribution in [-0.4, -0.2) is 93.2 Å². The lowest BCUT2D eigenvalue weighted by molar-refractivity contribution is 0.258. The molecule has 0 amide bonds. The minimum Gasteiger partial charge on any atom is -0.490 e. The molecule has 0 aliphatic rings. The highest BCUT2D eigenvalue weighted by atomic mass is 16.5. The Bertz CT molecular complexity index is 4380. The van der Waals surface area contributed by atoms with Crippen LogP contribution in [0, 0.1) is 0 Å². The molecule has 0 radical (unpaired) electrons. The Morgan fingerprint density at radius 1 is 0.175 bits per heavy atom. The van der Waals surface area contributed by atoms with E-state index in [-0.39, 0.29) is 23.6 Å². The van der Waals surface area contributed by atoms with Gasteiger partial charge in [0.25, 0.3) is 0 Å². The molecule has 126 heavy (non-hydrogen) atoms. The van der Waals surface area contributed by atoms with Gasteiger partial charge in [0, 0.05) is 33.4 Å². The number of hydrogen-bond donors (Lipinski definition) is 0. The van der Waals surface area contributed by atoms with Gasteiger partial charge in [-0.1, -0.05) is 312 Å². The molecule has 0 saturated heterocycles. The fourth-order valence-electron chi connectivity index (χ4n) is 16.1. The number of rotatable bonds is 71. The molecule has 0 bridgehead atoms. The first kappa shape index (κ1) is 98.9. The Labute approximate surface area is 756 Å². The summed E-state index contributed by atoms with van der Waals surface area (Å²) in [7, 11) is 0. The number of ether oxygens (including phenoxy) is 8. The lowest BCUT2D eigenvalue weighted by Crippen LogP contribution is -2.04. The van der Waals surface area contributed by atoms with E-state index in [4.69, 9.17) is 66.7 Å². The molecule has 10 aromatic rings. The van der Waals surface area contributed by atoms with Crippen LogP contribution < -0.4 is 37.9 Å². The second kappa shape index (κ2) is 58.9. The Hall–Kier alpha value is -9.32. The maximum Gasteiger partial charge on any atom is 0.306 e. The maximum absolute atomic E-state index is 6.76. The van der Waals surface area contributed by atoms with Crippen LogP contribution in [0.3, 0.4) is 0 Å². The zero-order valence-electron chi connectivity index (χ0n) is 78.7. The van der Waals surface area contributed by atoms with E-state index in [0.717, 1.165) is 148 Å². The molecule has 0 aliphatic heterocycles. The Kier molecular flexibility index (Phi) is 46.2. The fourth-order valence-corrected chi connectivity index (χ4v) is 16.1. The van der Waals surface area contributed by atoms with Gasteiger partial charge in [0.1, 0.15) is 0 Å². The van der Waals surface area contributed by atoms with Crippen LogP contribution in [0.4, 0.5) is 0 Å². The number of unbranched alkanes of at least 4 members (excludes halogenated alkanes) is 40. The van der Waals surface area contributed by atoms with E-state index in [1.807, 2.05) is 60.7 Å². The molecule has 0 atom stereocenters. The summed E-state index contributed by atoms with van der Waals surface area (Å²) in [5.74, 6) is 6.31. The first-order valence-corrected chi connectivity index (χ1v) is 50.2. The van der Waals surface area contributed by atoms with Gasteiger partial charge < -0.3 is 46.7 Å². The van der Waals surface area contributed by atoms with Gasteiger partial charge in [0.2, 0.25) is 11.8 Å². The summed E-state index contributed by atoms with van der Waals surface area (Å²) in [6.45, 7) is 22.8. The predicted molar refractivity (Wildman–Crippen MR) is 517 cm³/mol. The maximum atomic E-state index is 6.76. The van der Waals surface area contributed by atoms with Gasteiger partial charge in [-0.15, -0.1) is 20.4 Å². The molecular formula is C108H154N8O10. The van der Waals surface area contributed by atoms with Crippen molar-refractivity contribution in [2.75, 3.05) is 52.9 Å². The minimum absolute atomic E-state index is 0.0581. The molecule has 0 saturated carbocycles. The van der Waals surface area contributed by atoms with Gasteiger partial charge in [-0.3, -0.25) is 0 Å². The van der Waals surface area contributed by atoms with Crippen molar-refractivity contribution in [2.24, 2.45) is 0 Å². The van der Waals surface area contributed by atoms with Crippen molar-refractivity contribution in [2.45, 2.75) is 364 Å². The van der Waals surface area contributed by atoms with Crippen LogP contribution >= 0.6 is 0 Å². The minimum atomic E-state index is 0.0581. The number of hydrogen-bond acceptors (Lipinski definition) is 18. The van der Waals surface area contributed by atoms with Crippen LogP contribution in [-0.2, 0) is 0 Å². The van der Waals surface area contributed by atoms with E-state index < -0.39 is 0 Å². The average molecular weight is 1720 g/mol. The molecule has 18 heteroatoms. The van der Waals surface area contributed by atoms with Gasteiger partial charge in [-0.25, -0.2) is 19.9 Å². The highest BCUT2D eigenvalue weighted by molar-refractivity contribution is 5.91. The van der Waals surface area contributed by atoms with Crippen molar-refractivity contribution < 1.29 is 46.7 Å². The third-order valence-electron chi connectivity index (χ3n) is 23.8. The van der Waals surface area contributed by atoms with E-state index in [0.29, 0.717) is 132 Å². The summed E-state index contributed by atoms with van der Waals surface area (Å²) >= 11 is 0. The van der Waals surface area contributed by atoms with E-state index >= 15 is 0 Å². The molecule has 0 N–H and O–H groups in total. The lowest BCUT2D eigenvalue weighted by atomic mass is 10.0. The van der Waals surface area contributed by atoms with Crippen LogP contribution in [0.15, 0.2) is 118 Å². The van der Waals surface area contributed by atoms with Gasteiger partial charge >= 0.3 is 11.8 Å². The van der Waals surface area contributed by atoms with Crippen LogP contribution in [0.2, 0.25) is 0 Å². The third kappa shape index (κ3) is 33.4. The zero-order valence-corrected chi connectivity index (χ0v) is 78.7. The molecule has 10 rings (SSSR count). The molecule has 6 aromatic carbocycles. The SMILES string of the molecule is CCCCCCCCOc1ccc(-c2nc3ccc(-c4nnc(-c5nnc(-c6ccc7nc(-c8ccc(OCCCCCCCC)c(OCCCCCCCC)c8)c(-c8ccc(OCCCCCCCC)c(OCCCCCCCC)c8)nc7c6)o5)o4)cc3nc2-c2ccc(OCCCCCCCC)c(OCCCCCCCC)c2)cc1OCCCCCCCC. The van der Waals surface area contributed by atoms with Crippen LogP contribution in [0.1, 0.15) is 364 Å². The van der Waals surface area contributed by atoms with E-state index in [9.17, 15) is 0 Å². The summed E-state index contributed by atoms with van der Waals surface area (Å²) in [5.41, 5.74) is 9.95. The number of nitrogens with zero attached hydrogens (tertiary/aromatic N) is 8. The van der Waals surface area contributed by atoms with Crippen molar-refractivity contribution in [3.63, 3.8) is 0 Å². The number of fused-ring (bicyclic) bond motifs is 2. The summed E-state index contributed by atoms with van der Waals surface area (Å²) in [4.78, 5) is 22.1. The predicted octanol–water partition coefficient (Wildman–Crippen LogP) is 31.9. The Morgan fingerprint density at radius 3 is 0.579 bits per heavy atom. The third-order valence-corrected chi connectivity index (χ3v) is 23.8. The first-order chi connectivity index (χ1) is 62.3. The summed E-state index contributed by atoms with van der Waals surface area (Å²) in [6, 6.07) is 36.5. The normalized spacial score (nSPS) is 11.5. The highest BCUT2D eigenvalue weighted by Crippen LogP contribution is 2.44. The Morgan fingerprint density at radius 2 is 0.357 bits per heavy atom. The molecule has 0 fully saturated rings. The van der Waals surface area contributed by atoms with Crippen molar-refractivity contribution >= 4 is 22.1 Å². The second-order valence-corrected chi connectivity index (χ2v) is 34.6. The van der Waals surface area contributed by atoms with Gasteiger partial charge in [0.15, 0.2) is 46.0 Å². The molecule has 686 valence electrons. The fraction of sp³-hybridized carbons (Fsp3) is 0.593. The van der Waals surface area contributed by atoms with Crippen LogP contribution in [0.5, 0.6) is 46.0 Å². The van der Waals surface area contributed by atoms with E-state index in [1.165, 1.54) is 205 Å². The molecule has 18 nitrogen and oxygen atoms in total. The number of benzene rings is 6. The first-order valence-electron chi connectivity index (χ1n) is 50.2. The number of aromatic nitrogens is 8. The average Bonchev–Trinajstić information content (AvgIpc) is 0.963. The largest absolute Gasteiger partial charge is 0.490 e. The van der Waals surface area contributed by atoms with Gasteiger partial charge in [-0.2, -0.15) is 0 Å². The van der Waals surface area contributed by atoms with Crippen molar-refractivity contribution in [1.82, 2.24) is 40.3 Å². The lowest BCUT2D eigenvalue weighted by Gasteiger charge is -2.17. The highest BCUT2D eigenvalue weighted by Gasteiger charge is 2.25. The summed E-state index contributed by atoms with van der Waals surface area (Å²) in [6.07, 6.45) is 56.0. The Balaban J connectivity index is 0.990. The van der Waals surface area contributed by atoms with Gasteiger partial charge in [0.05, 0.1) is 97.7 Å². The van der Waals surface area contributed by atoms with Crippen LogP contribution in [0.25, 0.3) is 102 Å². The zero-order chi connectivity index (χ0) is 88.1. The smallest absolute Gasteiger partial charge is 0.306 e. The molecular weight excluding hydrogens is 1570 g/mol. The van der Waals surface area contributed by atoms with Crippen molar-refractivity contribution in [3.8, 4) is 126 Å². The van der Waals surface area contributed by atoms with Crippen molar-refractivity contribution in [3.05, 3.63) is 109 Å². The van der Waals surface area contributed by atoms with Gasteiger partial charge in [-0.05, 0) is 161 Å². The molecule has 0 spiro atoms. The van der Waals surface area contributed by atoms with Crippen molar-refractivity contribution in [1.29, 1.82) is 0 Å². The monoisotopic (exact) mass is 1720 g/mol. The topological polar surface area (TPSA) is 203 Å². The van der Waals surface area contributed by atoms with E-state index in [2.05, 4.69) is 124 Å². The molecule has 0 aliphatic carbocycles. The second-order valence-electron chi connectivity index (χ2n) is 34.6. The van der Waals surface area contributed by atoms with E-state index in [1.54, 1.807) is 0 Å². The molecule has 0 unspecified atom stereocenters. The summed E-state index contributed by atoms with van der Waals surface area (Å²) in [5, 5.41) is 18.2. The molecule has 4 heterocycles. The summed E-state index contributed by atoms with van der Waals surface area (Å²) < 4.78 is 66.4. The molecule has 4 aromatic heterocycles. The quantitative estimate of drug-likeness (QED) is 0.0325. The standard InChI is InChI=1S/C108H154N8O10/c1-9-17-25-33-41-49-69-117-93-65-59-83(79-97(93)121-73-53-45-37-29-21-13-5)101-103(85-61-67-95(119-71-51-43-35-27-19-11-3)99(81-85)123-75-55-47-39-31-23-15-7)111-91-77-87(57-63-89(91)109-101)105-113-115-107(125-105)108-116-114-106(126-108)88-58-64-90-92(78-88)112-104(86-62-68-96(120-72-52-44-36-28-20-12-4)100(82-86)124-76-56-48-40-32-24-16-8)102(110-90)84-60-66-94(118-70-50-42-34-26-18-10-2)98(80-84)122-74-54-46-38-30-22-14-6/h57-68,77-82H,9-56,69-76H2,1-8H3.